The average Bonchev–Trinajstić information content (AvgIpc) is 3.20. The lowest BCUT2D eigenvalue weighted by molar-refractivity contribution is -0.154. The summed E-state index contributed by atoms with van der Waals surface area (Å²) in [6, 6.07) is 9.99. The summed E-state index contributed by atoms with van der Waals surface area (Å²) >= 11 is 12.2. The van der Waals surface area contributed by atoms with E-state index in [1.807, 2.05) is 40.9 Å². The molecule has 1 saturated heterocycles. The van der Waals surface area contributed by atoms with Crippen LogP contribution in [0.15, 0.2) is 47.5 Å². The summed E-state index contributed by atoms with van der Waals surface area (Å²) in [5.74, 6) is -0.547. The summed E-state index contributed by atoms with van der Waals surface area (Å²) in [6.07, 6.45) is 5.34. The molecule has 1 atom stereocenters. The number of aryl methyl sites for hydroxylation is 2. The lowest BCUT2D eigenvalue weighted by Gasteiger charge is -2.26. The van der Waals surface area contributed by atoms with Crippen molar-refractivity contribution < 1.29 is 22.7 Å². The van der Waals surface area contributed by atoms with E-state index in [0.29, 0.717) is 12.0 Å². The first-order valence-corrected chi connectivity index (χ1v) is 15.8. The highest BCUT2D eigenvalue weighted by atomic mass is 35.5. The van der Waals surface area contributed by atoms with E-state index in [2.05, 4.69) is 0 Å². The number of fused-ring (bicyclic) bond motifs is 1. The van der Waals surface area contributed by atoms with Crippen LogP contribution in [0.2, 0.25) is 10.0 Å². The Morgan fingerprint density at radius 1 is 1.00 bits per heavy atom. The highest BCUT2D eigenvalue weighted by molar-refractivity contribution is 7.92. The highest BCUT2D eigenvalue weighted by Gasteiger charge is 2.32. The number of aromatic nitrogens is 1. The fraction of sp³-hybridized carbons (Fsp3) is 0.467. The van der Waals surface area contributed by atoms with Crippen LogP contribution in [-0.2, 0) is 32.8 Å². The quantitative estimate of drug-likeness (QED) is 0.269. The Kier molecular flexibility index (Phi) is 9.22. The molecule has 0 saturated carbocycles. The third-order valence-corrected chi connectivity index (χ3v) is 9.71. The highest BCUT2D eigenvalue weighted by Crippen LogP contribution is 2.30. The number of piperidine rings is 1. The van der Waals surface area contributed by atoms with E-state index < -0.39 is 26.7 Å². The summed E-state index contributed by atoms with van der Waals surface area (Å²) in [4.78, 5) is 27.8. The van der Waals surface area contributed by atoms with Gasteiger partial charge in [-0.3, -0.25) is 9.59 Å². The maximum atomic E-state index is 13.7. The zero-order valence-corrected chi connectivity index (χ0v) is 25.7. The van der Waals surface area contributed by atoms with E-state index in [1.54, 1.807) is 20.8 Å². The molecular weight excluding hydrogens is 571 g/mol. The van der Waals surface area contributed by atoms with Crippen LogP contribution in [0.3, 0.4) is 0 Å². The normalized spacial score (nSPS) is 15.3. The smallest absolute Gasteiger partial charge is 0.307 e. The monoisotopic (exact) mass is 606 g/mol. The Labute approximate surface area is 246 Å². The molecule has 2 aromatic carbocycles. The van der Waals surface area contributed by atoms with Crippen LogP contribution in [-0.4, -0.2) is 53.7 Å². The summed E-state index contributed by atoms with van der Waals surface area (Å²) in [7, 11) is -2.06. The fourth-order valence-corrected chi connectivity index (χ4v) is 7.58. The minimum Gasteiger partial charge on any atom is -0.460 e. The molecule has 2 heterocycles. The Morgan fingerprint density at radius 2 is 1.65 bits per heavy atom. The van der Waals surface area contributed by atoms with Gasteiger partial charge in [-0.05, 0) is 82.7 Å². The predicted molar refractivity (Wildman–Crippen MR) is 159 cm³/mol. The van der Waals surface area contributed by atoms with Crippen molar-refractivity contribution in [2.75, 3.05) is 13.1 Å². The molecular formula is C30H36Cl2N2O5S. The number of ether oxygens (including phenoxy) is 1. The van der Waals surface area contributed by atoms with Gasteiger partial charge in [0.2, 0.25) is 0 Å². The van der Waals surface area contributed by atoms with Crippen LogP contribution >= 0.6 is 23.2 Å². The SMILES string of the molecule is Cn1cc(C(=O)N2CCCCC2)c2ccc(CCC(CC(=O)OC(C)(C)C)S(=O)(=O)c3cc(Cl)cc(Cl)c3)cc21. The first-order chi connectivity index (χ1) is 18.7. The first kappa shape index (κ1) is 30.4. The Balaban J connectivity index is 1.59. The van der Waals surface area contributed by atoms with Gasteiger partial charge in [0.1, 0.15) is 5.60 Å². The minimum absolute atomic E-state index is 0.0303. The van der Waals surface area contributed by atoms with E-state index in [9.17, 15) is 18.0 Å². The number of benzene rings is 2. The Hall–Kier alpha value is -2.55. The molecule has 40 heavy (non-hydrogen) atoms. The predicted octanol–water partition coefficient (Wildman–Crippen LogP) is 6.62. The molecule has 0 bridgehead atoms. The number of sulfone groups is 1. The number of amides is 1. The lowest BCUT2D eigenvalue weighted by atomic mass is 10.0. The van der Waals surface area contributed by atoms with Gasteiger partial charge in [-0.15, -0.1) is 0 Å². The second-order valence-electron chi connectivity index (χ2n) is 11.5. The van der Waals surface area contributed by atoms with Crippen molar-refractivity contribution in [3.8, 4) is 0 Å². The summed E-state index contributed by atoms with van der Waals surface area (Å²) < 4.78 is 34.7. The number of carbonyl (C=O) groups is 2. The van der Waals surface area contributed by atoms with Gasteiger partial charge in [-0.25, -0.2) is 8.42 Å². The molecule has 0 N–H and O–H groups in total. The molecule has 1 aromatic heterocycles. The van der Waals surface area contributed by atoms with Crippen LogP contribution in [0, 0.1) is 0 Å². The molecule has 0 spiro atoms. The van der Waals surface area contributed by atoms with Crippen LogP contribution in [0.25, 0.3) is 10.9 Å². The third-order valence-electron chi connectivity index (χ3n) is 7.10. The number of likely N-dealkylation sites (tertiary alicyclic amines) is 1. The third kappa shape index (κ3) is 7.20. The molecule has 1 unspecified atom stereocenters. The van der Waals surface area contributed by atoms with Gasteiger partial charge < -0.3 is 14.2 Å². The molecule has 0 aliphatic carbocycles. The van der Waals surface area contributed by atoms with Crippen LogP contribution in [0.4, 0.5) is 0 Å². The molecule has 10 heteroatoms. The number of esters is 1. The van der Waals surface area contributed by atoms with Crippen LogP contribution in [0.1, 0.15) is 68.8 Å². The summed E-state index contributed by atoms with van der Waals surface area (Å²) in [5, 5.41) is 0.225. The summed E-state index contributed by atoms with van der Waals surface area (Å²) in [6.45, 7) is 6.77. The van der Waals surface area contributed by atoms with E-state index in [1.165, 1.54) is 18.2 Å². The minimum atomic E-state index is -3.96. The summed E-state index contributed by atoms with van der Waals surface area (Å²) in [5.41, 5.74) is 1.73. The maximum absolute atomic E-state index is 13.7. The van der Waals surface area contributed by atoms with Gasteiger partial charge in [0, 0.05) is 47.3 Å². The molecule has 1 fully saturated rings. The number of rotatable bonds is 8. The number of halogens is 2. The maximum Gasteiger partial charge on any atom is 0.307 e. The van der Waals surface area contributed by atoms with Crippen molar-refractivity contribution in [3.63, 3.8) is 0 Å². The molecule has 1 amide bonds. The van der Waals surface area contributed by atoms with Crippen LogP contribution in [0.5, 0.6) is 0 Å². The second-order valence-corrected chi connectivity index (χ2v) is 14.6. The van der Waals surface area contributed by atoms with Crippen molar-refractivity contribution >= 4 is 55.8 Å². The molecule has 1 aliphatic heterocycles. The molecule has 1 aliphatic rings. The van der Waals surface area contributed by atoms with E-state index in [0.717, 1.165) is 48.8 Å². The molecule has 216 valence electrons. The fourth-order valence-electron chi connectivity index (χ4n) is 5.17. The van der Waals surface area contributed by atoms with Crippen molar-refractivity contribution in [1.29, 1.82) is 0 Å². The van der Waals surface area contributed by atoms with Gasteiger partial charge in [0.05, 0.1) is 22.1 Å². The number of hydrogen-bond acceptors (Lipinski definition) is 5. The van der Waals surface area contributed by atoms with Gasteiger partial charge >= 0.3 is 5.97 Å². The van der Waals surface area contributed by atoms with Gasteiger partial charge in [0.25, 0.3) is 5.91 Å². The van der Waals surface area contributed by atoms with Gasteiger partial charge in [-0.1, -0.05) is 35.3 Å². The van der Waals surface area contributed by atoms with Crippen molar-refractivity contribution in [3.05, 3.63) is 63.8 Å². The zero-order valence-electron chi connectivity index (χ0n) is 23.4. The Bertz CT molecular complexity index is 1500. The van der Waals surface area contributed by atoms with Gasteiger partial charge in [0.15, 0.2) is 9.84 Å². The van der Waals surface area contributed by atoms with Crippen molar-refractivity contribution in [2.45, 2.75) is 75.0 Å². The Morgan fingerprint density at radius 3 is 2.27 bits per heavy atom. The average molecular weight is 608 g/mol. The van der Waals surface area contributed by atoms with E-state index >= 15 is 0 Å². The first-order valence-electron chi connectivity index (χ1n) is 13.5. The molecule has 4 rings (SSSR count). The van der Waals surface area contributed by atoms with Crippen molar-refractivity contribution in [1.82, 2.24) is 9.47 Å². The second kappa shape index (κ2) is 12.1. The van der Waals surface area contributed by atoms with Crippen molar-refractivity contribution in [2.24, 2.45) is 7.05 Å². The van der Waals surface area contributed by atoms with Gasteiger partial charge in [-0.2, -0.15) is 0 Å². The van der Waals surface area contributed by atoms with Crippen LogP contribution < -0.4 is 0 Å². The van der Waals surface area contributed by atoms with E-state index in [4.69, 9.17) is 27.9 Å². The lowest BCUT2D eigenvalue weighted by Crippen LogP contribution is -2.35. The largest absolute Gasteiger partial charge is 0.460 e. The van der Waals surface area contributed by atoms with E-state index in [-0.39, 0.29) is 33.7 Å². The molecule has 0 radical (unpaired) electrons. The molecule has 3 aromatic rings. The number of nitrogens with zero attached hydrogens (tertiary/aromatic N) is 2. The number of carbonyl (C=O) groups excluding carboxylic acids is 2. The topological polar surface area (TPSA) is 85.7 Å². The number of hydrogen-bond donors (Lipinski definition) is 0. The zero-order chi connectivity index (χ0) is 29.2. The standard InChI is InChI=1S/C30H36Cl2N2O5S/c1-30(2,3)39-28(35)18-23(40(37,38)24-16-21(31)15-22(32)17-24)10-8-20-9-11-25-26(19-33(4)27(25)14-20)29(36)34-12-6-5-7-13-34/h9,11,14-17,19,23H,5-8,10,12-13,18H2,1-4H3. The molecule has 7 nitrogen and oxygen atoms in total.